The minimum Gasteiger partial charge on any atom is -0.438 e. The number of ether oxygens (including phenoxy) is 2. The quantitative estimate of drug-likeness (QED) is 0.188. The monoisotopic (exact) mass is 619 g/mol. The van der Waals surface area contributed by atoms with E-state index in [-0.39, 0.29) is 35.7 Å². The molecule has 3 saturated carbocycles. The van der Waals surface area contributed by atoms with Crippen molar-refractivity contribution in [1.82, 2.24) is 20.9 Å². The normalized spacial score (nSPS) is 26.0. The Morgan fingerprint density at radius 3 is 2.16 bits per heavy atom. The zero-order valence-electron chi connectivity index (χ0n) is 26.8. The SMILES string of the molecule is COC(=O)OC[C@@H](NC(=O)NC(C(=O)N1C[C@H]2[C@@H](C1C(=O)NC(CC1CC1)C(=O)C(N)=O)C2(C)C)C(C)(C)C)C1CCCC1. The van der Waals surface area contributed by atoms with Gasteiger partial charge >= 0.3 is 12.2 Å². The van der Waals surface area contributed by atoms with Crippen LogP contribution in [0.25, 0.3) is 0 Å². The Balaban J connectivity index is 1.50. The molecule has 5 amide bonds. The molecule has 0 aromatic carbocycles. The molecule has 4 rings (SSSR count). The number of fused-ring (bicyclic) bond motifs is 1. The number of urea groups is 1. The number of hydrogen-bond donors (Lipinski definition) is 4. The molecule has 1 aliphatic heterocycles. The number of carbonyl (C=O) groups is 6. The van der Waals surface area contributed by atoms with E-state index in [2.05, 4.69) is 20.7 Å². The number of hydrogen-bond acceptors (Lipinski definition) is 8. The van der Waals surface area contributed by atoms with Crippen molar-refractivity contribution in [2.45, 2.75) is 104 Å². The Bertz CT molecular complexity index is 1160. The molecule has 0 radical (unpaired) electrons. The molecule has 5 N–H and O–H groups in total. The number of ketones is 1. The van der Waals surface area contributed by atoms with Crippen LogP contribution in [0.4, 0.5) is 9.59 Å². The van der Waals surface area contributed by atoms with Crippen LogP contribution in [0.2, 0.25) is 0 Å². The number of amides is 5. The van der Waals surface area contributed by atoms with Gasteiger partial charge in [-0.05, 0) is 53.8 Å². The third-order valence-corrected chi connectivity index (χ3v) is 10.1. The number of carbonyl (C=O) groups excluding carboxylic acids is 6. The second-order valence-corrected chi connectivity index (χ2v) is 14.7. The number of methoxy groups -OCH3 is 1. The van der Waals surface area contributed by atoms with Gasteiger partial charge in [-0.25, -0.2) is 9.59 Å². The van der Waals surface area contributed by atoms with Crippen molar-refractivity contribution in [1.29, 1.82) is 0 Å². The lowest BCUT2D eigenvalue weighted by Crippen LogP contribution is -2.62. The largest absolute Gasteiger partial charge is 0.508 e. The summed E-state index contributed by atoms with van der Waals surface area (Å²) < 4.78 is 9.74. The Hall–Kier alpha value is -3.38. The van der Waals surface area contributed by atoms with Crippen molar-refractivity contribution < 1.29 is 38.2 Å². The smallest absolute Gasteiger partial charge is 0.438 e. The standard InChI is InChI=1S/C31H49N5O8/c1-30(2,3)24(35-28(41)34-20(15-44-29(42)43-6)17-9-7-8-10-17)27(40)36-14-18-21(31(18,4)5)22(36)26(39)33-19(13-16-11-12-16)23(37)25(32)38/h16-22,24H,7-15H2,1-6H3,(H2,32,38)(H,33,39)(H2,34,35,41)/t18-,19?,20+,21-,22?,24?/m0/s1. The van der Waals surface area contributed by atoms with Crippen LogP contribution in [0.1, 0.15) is 79.6 Å². The van der Waals surface area contributed by atoms with Crippen molar-refractivity contribution in [3.05, 3.63) is 0 Å². The Kier molecular flexibility index (Phi) is 9.84. The van der Waals surface area contributed by atoms with Gasteiger partial charge in [-0.3, -0.25) is 19.2 Å². The Morgan fingerprint density at radius 2 is 1.61 bits per heavy atom. The van der Waals surface area contributed by atoms with Crippen LogP contribution in [-0.4, -0.2) is 85.0 Å². The maximum atomic E-state index is 14.2. The number of nitrogens with one attached hydrogen (secondary N) is 3. The van der Waals surface area contributed by atoms with Crippen molar-refractivity contribution in [3.8, 4) is 0 Å². The van der Waals surface area contributed by atoms with Gasteiger partial charge in [-0.15, -0.1) is 0 Å². The average molecular weight is 620 g/mol. The lowest BCUT2D eigenvalue weighted by Gasteiger charge is -2.38. The average Bonchev–Trinajstić information content (AvgIpc) is 3.65. The first-order valence-corrected chi connectivity index (χ1v) is 15.8. The van der Waals surface area contributed by atoms with Crippen molar-refractivity contribution in [2.75, 3.05) is 20.3 Å². The molecule has 246 valence electrons. The first kappa shape index (κ1) is 33.5. The van der Waals surface area contributed by atoms with Gasteiger partial charge in [-0.1, -0.05) is 60.3 Å². The van der Waals surface area contributed by atoms with Gasteiger partial charge in [0.15, 0.2) is 0 Å². The highest BCUT2D eigenvalue weighted by Crippen LogP contribution is 2.65. The van der Waals surface area contributed by atoms with E-state index in [9.17, 15) is 28.8 Å². The lowest BCUT2D eigenvalue weighted by molar-refractivity contribution is -0.145. The van der Waals surface area contributed by atoms with E-state index >= 15 is 0 Å². The molecule has 0 aromatic heterocycles. The van der Waals surface area contributed by atoms with E-state index in [0.29, 0.717) is 13.0 Å². The fraction of sp³-hybridized carbons (Fsp3) is 0.806. The minimum absolute atomic E-state index is 0.0578. The fourth-order valence-electron chi connectivity index (χ4n) is 7.19. The van der Waals surface area contributed by atoms with Gasteiger partial charge in [0.2, 0.25) is 17.6 Å². The van der Waals surface area contributed by atoms with Crippen LogP contribution < -0.4 is 21.7 Å². The summed E-state index contributed by atoms with van der Waals surface area (Å²) in [7, 11) is 1.21. The lowest BCUT2D eigenvalue weighted by atomic mass is 9.85. The summed E-state index contributed by atoms with van der Waals surface area (Å²) in [5.74, 6) is -2.53. The van der Waals surface area contributed by atoms with Gasteiger partial charge in [0.25, 0.3) is 5.91 Å². The summed E-state index contributed by atoms with van der Waals surface area (Å²) in [6, 6.07) is -3.92. The van der Waals surface area contributed by atoms with Crippen LogP contribution in [0.3, 0.4) is 0 Å². The zero-order chi connectivity index (χ0) is 32.6. The summed E-state index contributed by atoms with van der Waals surface area (Å²) in [5, 5.41) is 8.52. The third kappa shape index (κ3) is 7.46. The number of nitrogens with two attached hydrogens (primary N) is 1. The maximum Gasteiger partial charge on any atom is 0.508 e. The van der Waals surface area contributed by atoms with Gasteiger partial charge < -0.3 is 36.1 Å². The summed E-state index contributed by atoms with van der Waals surface area (Å²) in [5.41, 5.74) is 4.38. The number of primary amides is 1. The van der Waals surface area contributed by atoms with Gasteiger partial charge in [0, 0.05) is 6.54 Å². The number of piperidine rings is 1. The highest BCUT2D eigenvalue weighted by molar-refractivity contribution is 6.37. The molecular weight excluding hydrogens is 570 g/mol. The predicted octanol–water partition coefficient (Wildman–Crippen LogP) is 1.86. The van der Waals surface area contributed by atoms with Crippen LogP contribution in [-0.2, 0) is 28.7 Å². The van der Waals surface area contributed by atoms with E-state index in [0.717, 1.165) is 38.5 Å². The number of rotatable bonds is 12. The summed E-state index contributed by atoms with van der Waals surface area (Å²) >= 11 is 0. The van der Waals surface area contributed by atoms with Crippen molar-refractivity contribution >= 4 is 35.7 Å². The molecular formula is C31H49N5O8. The Morgan fingerprint density at radius 1 is 0.977 bits per heavy atom. The topological polar surface area (TPSA) is 186 Å². The van der Waals surface area contributed by atoms with E-state index in [4.69, 9.17) is 10.5 Å². The second kappa shape index (κ2) is 12.9. The number of likely N-dealkylation sites (tertiary alicyclic amines) is 1. The number of Topliss-reactive ketones (excluding diaryl/α,β-unsaturated/α-hetero) is 1. The summed E-state index contributed by atoms with van der Waals surface area (Å²) in [6.45, 7) is 9.87. The molecule has 0 bridgehead atoms. The highest BCUT2D eigenvalue weighted by atomic mass is 16.7. The van der Waals surface area contributed by atoms with Crippen LogP contribution in [0, 0.1) is 34.5 Å². The van der Waals surface area contributed by atoms with Gasteiger partial charge in [0.05, 0.1) is 19.2 Å². The van der Waals surface area contributed by atoms with E-state index in [1.165, 1.54) is 12.0 Å². The van der Waals surface area contributed by atoms with Crippen molar-refractivity contribution in [3.63, 3.8) is 0 Å². The minimum atomic E-state index is -1.10. The molecule has 4 fully saturated rings. The predicted molar refractivity (Wildman–Crippen MR) is 159 cm³/mol. The molecule has 13 nitrogen and oxygen atoms in total. The molecule has 1 saturated heterocycles. The molecule has 0 aromatic rings. The zero-order valence-corrected chi connectivity index (χ0v) is 26.8. The van der Waals surface area contributed by atoms with Crippen LogP contribution in [0.15, 0.2) is 0 Å². The van der Waals surface area contributed by atoms with E-state index in [1.54, 1.807) is 0 Å². The summed E-state index contributed by atoms with van der Waals surface area (Å²) in [4.78, 5) is 78.8. The molecule has 13 heteroatoms. The maximum absolute atomic E-state index is 14.2. The molecule has 3 aliphatic carbocycles. The fourth-order valence-corrected chi connectivity index (χ4v) is 7.19. The van der Waals surface area contributed by atoms with Gasteiger partial charge in [-0.2, -0.15) is 0 Å². The van der Waals surface area contributed by atoms with E-state index < -0.39 is 65.3 Å². The Labute approximate surface area is 259 Å². The van der Waals surface area contributed by atoms with Crippen LogP contribution >= 0.6 is 0 Å². The van der Waals surface area contributed by atoms with E-state index in [1.807, 2.05) is 34.6 Å². The highest BCUT2D eigenvalue weighted by Gasteiger charge is 2.70. The molecule has 44 heavy (non-hydrogen) atoms. The molecule has 4 aliphatic rings. The van der Waals surface area contributed by atoms with Gasteiger partial charge in [0.1, 0.15) is 18.7 Å². The molecule has 6 atom stereocenters. The van der Waals surface area contributed by atoms with Crippen LogP contribution in [0.5, 0.6) is 0 Å². The number of nitrogens with zero attached hydrogens (tertiary/aromatic N) is 1. The molecule has 1 heterocycles. The third-order valence-electron chi connectivity index (χ3n) is 10.1. The molecule has 0 spiro atoms. The second-order valence-electron chi connectivity index (χ2n) is 14.7. The first-order chi connectivity index (χ1) is 20.6. The summed E-state index contributed by atoms with van der Waals surface area (Å²) in [6.07, 6.45) is 5.10. The van der Waals surface area contributed by atoms with Crippen molar-refractivity contribution in [2.24, 2.45) is 40.2 Å². The molecule has 3 unspecified atom stereocenters. The first-order valence-electron chi connectivity index (χ1n) is 15.8.